The molecule has 2 aromatic heterocycles. The van der Waals surface area contributed by atoms with Gasteiger partial charge in [0.25, 0.3) is 5.91 Å². The van der Waals surface area contributed by atoms with Crippen LogP contribution in [0.1, 0.15) is 61.1 Å². The van der Waals surface area contributed by atoms with Gasteiger partial charge >= 0.3 is 0 Å². The van der Waals surface area contributed by atoms with Gasteiger partial charge in [-0.2, -0.15) is 10.2 Å². The third-order valence-corrected chi connectivity index (χ3v) is 4.27. The van der Waals surface area contributed by atoms with Crippen LogP contribution < -0.4 is 5.43 Å². The molecule has 1 aliphatic carbocycles. The summed E-state index contributed by atoms with van der Waals surface area (Å²) in [5, 5.41) is 11.1. The maximum Gasteiger partial charge on any atom is 0.292 e. The standard InChI is InChI=1S/C18H24N4O2/c1-18(2,3)10-12-6-7-15-14(9-12)16(21-20-15)17(23)22-19-11-13-5-4-8-24-13/h4-5,8,11-12H,6-7,9-10H2,1-3H3,(H,20,21)(H,22,23)/b19-11-/t12-/m1/s1. The lowest BCUT2D eigenvalue weighted by atomic mass is 9.76. The highest BCUT2D eigenvalue weighted by Crippen LogP contribution is 2.34. The Kier molecular flexibility index (Phi) is 4.55. The summed E-state index contributed by atoms with van der Waals surface area (Å²) in [6, 6.07) is 3.53. The van der Waals surface area contributed by atoms with Crippen molar-refractivity contribution in [2.24, 2.45) is 16.4 Å². The van der Waals surface area contributed by atoms with Crippen LogP contribution in [0.25, 0.3) is 0 Å². The smallest absolute Gasteiger partial charge is 0.292 e. The number of aromatic amines is 1. The van der Waals surface area contributed by atoms with Crippen LogP contribution in [0.15, 0.2) is 27.9 Å². The SMILES string of the molecule is CC(C)(C)C[C@@H]1CCc2[nH]nc(C(=O)N/N=C\c3ccco3)c2C1. The molecule has 0 aliphatic heterocycles. The van der Waals surface area contributed by atoms with E-state index < -0.39 is 0 Å². The third kappa shape index (κ3) is 3.93. The van der Waals surface area contributed by atoms with Crippen molar-refractivity contribution < 1.29 is 9.21 Å². The van der Waals surface area contributed by atoms with E-state index in [1.165, 1.54) is 6.21 Å². The zero-order valence-corrected chi connectivity index (χ0v) is 14.4. The van der Waals surface area contributed by atoms with Crippen molar-refractivity contribution >= 4 is 12.1 Å². The van der Waals surface area contributed by atoms with Gasteiger partial charge < -0.3 is 4.42 Å². The van der Waals surface area contributed by atoms with E-state index in [4.69, 9.17) is 4.42 Å². The van der Waals surface area contributed by atoms with Crippen molar-refractivity contribution in [3.63, 3.8) is 0 Å². The number of H-pyrrole nitrogens is 1. The van der Waals surface area contributed by atoms with Crippen LogP contribution in [-0.4, -0.2) is 22.3 Å². The summed E-state index contributed by atoms with van der Waals surface area (Å²) >= 11 is 0. The number of fused-ring (bicyclic) bond motifs is 1. The molecule has 0 aromatic carbocycles. The summed E-state index contributed by atoms with van der Waals surface area (Å²) < 4.78 is 5.13. The first-order valence-corrected chi connectivity index (χ1v) is 8.35. The van der Waals surface area contributed by atoms with E-state index in [1.807, 2.05) is 0 Å². The van der Waals surface area contributed by atoms with Crippen LogP contribution >= 0.6 is 0 Å². The Hall–Kier alpha value is -2.37. The molecule has 2 N–H and O–H groups in total. The summed E-state index contributed by atoms with van der Waals surface area (Å²) in [4.78, 5) is 12.4. The van der Waals surface area contributed by atoms with Crippen LogP contribution in [0.4, 0.5) is 0 Å². The first-order valence-electron chi connectivity index (χ1n) is 8.35. The van der Waals surface area contributed by atoms with Crippen LogP contribution in [0.3, 0.4) is 0 Å². The monoisotopic (exact) mass is 328 g/mol. The second kappa shape index (κ2) is 6.63. The van der Waals surface area contributed by atoms with Gasteiger partial charge in [0, 0.05) is 11.3 Å². The van der Waals surface area contributed by atoms with Crippen LogP contribution in [0, 0.1) is 11.3 Å². The summed E-state index contributed by atoms with van der Waals surface area (Å²) in [5.41, 5.74) is 5.40. The highest BCUT2D eigenvalue weighted by molar-refractivity contribution is 5.94. The van der Waals surface area contributed by atoms with E-state index in [9.17, 15) is 4.79 Å². The summed E-state index contributed by atoms with van der Waals surface area (Å²) in [5.74, 6) is 0.893. The lowest BCUT2D eigenvalue weighted by molar-refractivity contribution is 0.0948. The minimum absolute atomic E-state index is 0.285. The van der Waals surface area contributed by atoms with Gasteiger partial charge in [-0.3, -0.25) is 9.89 Å². The predicted molar refractivity (Wildman–Crippen MR) is 91.9 cm³/mol. The first kappa shape index (κ1) is 16.5. The lowest BCUT2D eigenvalue weighted by Gasteiger charge is -2.28. The van der Waals surface area contributed by atoms with E-state index >= 15 is 0 Å². The zero-order valence-electron chi connectivity index (χ0n) is 14.4. The van der Waals surface area contributed by atoms with Gasteiger partial charge in [-0.05, 0) is 49.1 Å². The van der Waals surface area contributed by atoms with Gasteiger partial charge in [0.15, 0.2) is 5.69 Å². The third-order valence-electron chi connectivity index (χ3n) is 4.27. The van der Waals surface area contributed by atoms with Gasteiger partial charge in [-0.15, -0.1) is 0 Å². The Labute approximate surface area is 141 Å². The maximum absolute atomic E-state index is 12.4. The maximum atomic E-state index is 12.4. The Morgan fingerprint density at radius 2 is 2.38 bits per heavy atom. The zero-order chi connectivity index (χ0) is 17.2. The van der Waals surface area contributed by atoms with Gasteiger partial charge in [0.1, 0.15) is 5.76 Å². The molecular weight excluding hydrogens is 304 g/mol. The van der Waals surface area contributed by atoms with Gasteiger partial charge in [-0.1, -0.05) is 20.8 Å². The Morgan fingerprint density at radius 1 is 1.54 bits per heavy atom. The number of furan rings is 1. The molecule has 1 aliphatic rings. The molecule has 0 unspecified atom stereocenters. The number of nitrogens with one attached hydrogen (secondary N) is 2. The van der Waals surface area contributed by atoms with Crippen molar-refractivity contribution in [2.45, 2.75) is 46.5 Å². The molecule has 2 heterocycles. The van der Waals surface area contributed by atoms with Gasteiger partial charge in [0.05, 0.1) is 12.5 Å². The van der Waals surface area contributed by atoms with Crippen molar-refractivity contribution in [3.8, 4) is 0 Å². The second-order valence-corrected chi connectivity index (χ2v) is 7.62. The number of hydrogen-bond acceptors (Lipinski definition) is 4. The summed E-state index contributed by atoms with van der Waals surface area (Å²) in [7, 11) is 0. The van der Waals surface area contributed by atoms with E-state index in [1.54, 1.807) is 18.4 Å². The van der Waals surface area contributed by atoms with Crippen LogP contribution in [0.2, 0.25) is 0 Å². The molecule has 0 fully saturated rings. The van der Waals surface area contributed by atoms with Crippen LogP contribution in [-0.2, 0) is 12.8 Å². The number of carbonyl (C=O) groups excluding carboxylic acids is 1. The number of amides is 1. The molecule has 2 aromatic rings. The highest BCUT2D eigenvalue weighted by atomic mass is 16.3. The molecule has 0 radical (unpaired) electrons. The van der Waals surface area contributed by atoms with Crippen molar-refractivity contribution in [2.75, 3.05) is 0 Å². The molecule has 1 atom stereocenters. The fourth-order valence-electron chi connectivity index (χ4n) is 3.37. The van der Waals surface area contributed by atoms with E-state index in [-0.39, 0.29) is 5.91 Å². The molecule has 0 saturated heterocycles. The second-order valence-electron chi connectivity index (χ2n) is 7.62. The van der Waals surface area contributed by atoms with E-state index in [0.717, 1.165) is 36.9 Å². The fourth-order valence-corrected chi connectivity index (χ4v) is 3.37. The number of aromatic nitrogens is 2. The highest BCUT2D eigenvalue weighted by Gasteiger charge is 2.28. The first-order chi connectivity index (χ1) is 11.4. The van der Waals surface area contributed by atoms with Gasteiger partial charge in [0.2, 0.25) is 0 Å². The van der Waals surface area contributed by atoms with Crippen LogP contribution in [0.5, 0.6) is 0 Å². The number of rotatable bonds is 4. The number of nitrogens with zero attached hydrogens (tertiary/aromatic N) is 2. The molecule has 6 nitrogen and oxygen atoms in total. The normalized spacial score (nSPS) is 17.9. The Morgan fingerprint density at radius 3 is 3.08 bits per heavy atom. The molecule has 3 rings (SSSR count). The number of aryl methyl sites for hydroxylation is 1. The van der Waals surface area contributed by atoms with Crippen molar-refractivity contribution in [1.82, 2.24) is 15.6 Å². The van der Waals surface area contributed by atoms with E-state index in [2.05, 4.69) is 41.5 Å². The quantitative estimate of drug-likeness (QED) is 0.667. The predicted octanol–water partition coefficient (Wildman–Crippen LogP) is 3.31. The number of hydrazone groups is 1. The molecular formula is C18H24N4O2. The summed E-state index contributed by atoms with van der Waals surface area (Å²) in [6.45, 7) is 6.78. The lowest BCUT2D eigenvalue weighted by Crippen LogP contribution is -2.24. The molecule has 0 saturated carbocycles. The van der Waals surface area contributed by atoms with Crippen molar-refractivity contribution in [3.05, 3.63) is 41.1 Å². The van der Waals surface area contributed by atoms with Crippen molar-refractivity contribution in [1.29, 1.82) is 0 Å². The largest absolute Gasteiger partial charge is 0.463 e. The molecule has 1 amide bonds. The Bertz CT molecular complexity index is 723. The Balaban J connectivity index is 1.67. The molecule has 0 bridgehead atoms. The molecule has 128 valence electrons. The molecule has 6 heteroatoms. The fraction of sp³-hybridized carbons (Fsp3) is 0.500. The molecule has 24 heavy (non-hydrogen) atoms. The van der Waals surface area contributed by atoms with E-state index in [0.29, 0.717) is 22.8 Å². The summed E-state index contributed by atoms with van der Waals surface area (Å²) in [6.07, 6.45) is 7.17. The average molecular weight is 328 g/mol. The molecule has 0 spiro atoms. The minimum Gasteiger partial charge on any atom is -0.463 e. The topological polar surface area (TPSA) is 83.3 Å². The number of carbonyl (C=O) groups is 1. The number of hydrogen-bond donors (Lipinski definition) is 2. The minimum atomic E-state index is -0.285. The van der Waals surface area contributed by atoms with Gasteiger partial charge in [-0.25, -0.2) is 5.43 Å². The average Bonchev–Trinajstić information content (AvgIpc) is 3.14.